The fraction of sp³-hybridized carbons (Fsp3) is 0.385. The Bertz CT molecular complexity index is 1100. The first kappa shape index (κ1) is 23.5. The van der Waals surface area contributed by atoms with E-state index in [0.717, 1.165) is 16.7 Å². The second-order valence-corrected chi connectivity index (χ2v) is 9.94. The zero-order chi connectivity index (χ0) is 23.8. The van der Waals surface area contributed by atoms with Gasteiger partial charge in [0.1, 0.15) is 11.6 Å². The van der Waals surface area contributed by atoms with Gasteiger partial charge in [-0.3, -0.25) is 0 Å². The van der Waals surface area contributed by atoms with Gasteiger partial charge in [0, 0.05) is 16.7 Å². The third-order valence-corrected chi connectivity index (χ3v) is 5.29. The van der Waals surface area contributed by atoms with Gasteiger partial charge >= 0.3 is 5.97 Å². The molecule has 1 heterocycles. The number of aromatic hydroxyl groups is 1. The molecular weight excluding hydrogens is 407 g/mol. The molecule has 0 saturated carbocycles. The minimum atomic E-state index is -0.527. The Kier molecular flexibility index (Phi) is 6.18. The third-order valence-electron chi connectivity index (χ3n) is 5.29. The quantitative estimate of drug-likeness (QED) is 0.496. The van der Waals surface area contributed by atoms with Crippen LogP contribution in [0.25, 0.3) is 16.9 Å². The van der Waals surface area contributed by atoms with Crippen LogP contribution in [0.15, 0.2) is 42.5 Å². The van der Waals surface area contributed by atoms with Gasteiger partial charge in [0.15, 0.2) is 5.69 Å². The molecule has 0 radical (unpaired) electrons. The van der Waals surface area contributed by atoms with Crippen molar-refractivity contribution in [3.63, 3.8) is 0 Å². The van der Waals surface area contributed by atoms with Crippen LogP contribution in [0.2, 0.25) is 0 Å². The number of phenolic OH excluding ortho intramolecular Hbond substituents is 1. The van der Waals surface area contributed by atoms with Gasteiger partial charge in [0.25, 0.3) is 0 Å². The number of carbonyl (C=O) groups is 1. The predicted molar refractivity (Wildman–Crippen MR) is 124 cm³/mol. The number of hydrogen-bond donors (Lipinski definition) is 1. The lowest BCUT2D eigenvalue weighted by Gasteiger charge is -2.28. The van der Waals surface area contributed by atoms with Crippen LogP contribution in [0.4, 0.5) is 4.39 Å². The summed E-state index contributed by atoms with van der Waals surface area (Å²) >= 11 is 0. The maximum Gasteiger partial charge on any atom is 0.358 e. The van der Waals surface area contributed by atoms with Gasteiger partial charge in [-0.2, -0.15) is 5.10 Å². The van der Waals surface area contributed by atoms with Gasteiger partial charge in [-0.25, -0.2) is 13.9 Å². The molecule has 170 valence electrons. The lowest BCUT2D eigenvalue weighted by Crippen LogP contribution is -2.17. The second-order valence-electron chi connectivity index (χ2n) is 9.94. The molecule has 0 aliphatic carbocycles. The highest BCUT2D eigenvalue weighted by Crippen LogP contribution is 2.42. The first-order valence-electron chi connectivity index (χ1n) is 10.7. The molecule has 0 saturated heterocycles. The van der Waals surface area contributed by atoms with Crippen molar-refractivity contribution in [1.82, 2.24) is 9.78 Å². The number of benzene rings is 2. The maximum atomic E-state index is 13.5. The van der Waals surface area contributed by atoms with E-state index in [1.54, 1.807) is 29.8 Å². The van der Waals surface area contributed by atoms with Crippen LogP contribution in [0.1, 0.15) is 70.1 Å². The summed E-state index contributed by atoms with van der Waals surface area (Å²) in [6.45, 7) is 14.2. The van der Waals surface area contributed by atoms with Crippen molar-refractivity contribution in [3.8, 4) is 22.7 Å². The maximum absolute atomic E-state index is 13.5. The molecule has 0 fully saturated rings. The summed E-state index contributed by atoms with van der Waals surface area (Å²) in [4.78, 5) is 12.4. The lowest BCUT2D eigenvalue weighted by molar-refractivity contribution is 0.0519. The van der Waals surface area contributed by atoms with E-state index in [1.165, 1.54) is 12.1 Å². The highest BCUT2D eigenvalue weighted by Gasteiger charge is 2.28. The Morgan fingerprint density at radius 1 is 1.00 bits per heavy atom. The standard InChI is InChI=1S/C26H31FN2O3/c1-8-32-24(31)21-15-22(29(28-21)18-11-9-17(27)10-12-18)16-13-19(25(2,3)4)23(30)20(14-16)26(5,6)7/h9-15,30H,8H2,1-7H3. The second kappa shape index (κ2) is 8.41. The molecule has 0 spiro atoms. The van der Waals surface area contributed by atoms with E-state index in [9.17, 15) is 14.3 Å². The van der Waals surface area contributed by atoms with Crippen LogP contribution in [0.3, 0.4) is 0 Å². The number of carbonyl (C=O) groups excluding carboxylic acids is 1. The molecule has 0 bridgehead atoms. The third kappa shape index (κ3) is 4.69. The van der Waals surface area contributed by atoms with E-state index in [1.807, 2.05) is 53.7 Å². The van der Waals surface area contributed by atoms with E-state index in [0.29, 0.717) is 11.4 Å². The Hall–Kier alpha value is -3.15. The Morgan fingerprint density at radius 3 is 2.00 bits per heavy atom. The number of rotatable bonds is 4. The van der Waals surface area contributed by atoms with Crippen LogP contribution in [0.5, 0.6) is 5.75 Å². The molecule has 1 N–H and O–H groups in total. The smallest absolute Gasteiger partial charge is 0.358 e. The minimum Gasteiger partial charge on any atom is -0.507 e. The number of phenols is 1. The van der Waals surface area contributed by atoms with E-state index in [4.69, 9.17) is 4.74 Å². The topological polar surface area (TPSA) is 64.3 Å². The molecule has 3 rings (SSSR count). The zero-order valence-corrected chi connectivity index (χ0v) is 19.8. The molecule has 0 aliphatic heterocycles. The molecule has 0 unspecified atom stereocenters. The molecule has 0 aliphatic rings. The van der Waals surface area contributed by atoms with Crippen molar-refractivity contribution in [3.05, 3.63) is 65.1 Å². The van der Waals surface area contributed by atoms with E-state index >= 15 is 0 Å². The van der Waals surface area contributed by atoms with Gasteiger partial charge in [-0.15, -0.1) is 0 Å². The van der Waals surface area contributed by atoms with E-state index < -0.39 is 5.97 Å². The number of esters is 1. The summed E-state index contributed by atoms with van der Waals surface area (Å²) in [5.41, 5.74) is 3.18. The van der Waals surface area contributed by atoms with E-state index in [2.05, 4.69) is 5.10 Å². The SMILES string of the molecule is CCOC(=O)c1cc(-c2cc(C(C)(C)C)c(O)c(C(C)(C)C)c2)n(-c2ccc(F)cc2)n1. The lowest BCUT2D eigenvalue weighted by atomic mass is 9.78. The van der Waals surface area contributed by atoms with Crippen molar-refractivity contribution in [2.75, 3.05) is 6.61 Å². The minimum absolute atomic E-state index is 0.161. The Balaban J connectivity index is 2.32. The number of ether oxygens (including phenoxy) is 1. The molecule has 1 aromatic heterocycles. The molecule has 3 aromatic rings. The summed E-state index contributed by atoms with van der Waals surface area (Å²) in [7, 11) is 0. The van der Waals surface area contributed by atoms with Crippen molar-refractivity contribution in [2.45, 2.75) is 59.3 Å². The molecule has 0 amide bonds. The summed E-state index contributed by atoms with van der Waals surface area (Å²) in [6, 6.07) is 11.4. The van der Waals surface area contributed by atoms with Gasteiger partial charge in [-0.1, -0.05) is 41.5 Å². The predicted octanol–water partition coefficient (Wildman–Crippen LogP) is 6.16. The largest absolute Gasteiger partial charge is 0.507 e. The van der Waals surface area contributed by atoms with Crippen molar-refractivity contribution < 1.29 is 19.0 Å². The Labute approximate surface area is 188 Å². The summed E-state index contributed by atoms with van der Waals surface area (Å²) in [5, 5.41) is 15.5. The molecular formula is C26H31FN2O3. The number of aromatic nitrogens is 2. The summed E-state index contributed by atoms with van der Waals surface area (Å²) in [5.74, 6) is -0.615. The number of halogens is 1. The van der Waals surface area contributed by atoms with E-state index in [-0.39, 0.29) is 34.7 Å². The number of nitrogens with zero attached hydrogens (tertiary/aromatic N) is 2. The van der Waals surface area contributed by atoms with Crippen LogP contribution in [-0.4, -0.2) is 27.5 Å². The average molecular weight is 439 g/mol. The fourth-order valence-corrected chi connectivity index (χ4v) is 3.60. The Morgan fingerprint density at radius 2 is 1.53 bits per heavy atom. The van der Waals surface area contributed by atoms with Gasteiger partial charge < -0.3 is 9.84 Å². The fourth-order valence-electron chi connectivity index (χ4n) is 3.60. The van der Waals surface area contributed by atoms with Gasteiger partial charge in [0.2, 0.25) is 0 Å². The molecule has 6 heteroatoms. The van der Waals surface area contributed by atoms with Crippen molar-refractivity contribution >= 4 is 5.97 Å². The zero-order valence-electron chi connectivity index (χ0n) is 19.8. The van der Waals surface area contributed by atoms with Crippen LogP contribution < -0.4 is 0 Å². The first-order chi connectivity index (χ1) is 14.8. The van der Waals surface area contributed by atoms with Gasteiger partial charge in [-0.05, 0) is 60.2 Å². The first-order valence-corrected chi connectivity index (χ1v) is 10.7. The summed E-state index contributed by atoms with van der Waals surface area (Å²) < 4.78 is 20.3. The molecule has 5 nitrogen and oxygen atoms in total. The molecule has 32 heavy (non-hydrogen) atoms. The van der Waals surface area contributed by atoms with Crippen LogP contribution in [0, 0.1) is 5.82 Å². The highest BCUT2D eigenvalue weighted by atomic mass is 19.1. The van der Waals surface area contributed by atoms with Gasteiger partial charge in [0.05, 0.1) is 18.0 Å². The number of hydrogen-bond acceptors (Lipinski definition) is 4. The normalized spacial score (nSPS) is 12.1. The summed E-state index contributed by atoms with van der Waals surface area (Å²) in [6.07, 6.45) is 0. The van der Waals surface area contributed by atoms with Crippen LogP contribution >= 0.6 is 0 Å². The van der Waals surface area contributed by atoms with Crippen molar-refractivity contribution in [2.24, 2.45) is 0 Å². The molecule has 2 aromatic carbocycles. The average Bonchev–Trinajstić information content (AvgIpc) is 3.12. The molecule has 0 atom stereocenters. The highest BCUT2D eigenvalue weighted by molar-refractivity contribution is 5.89. The monoisotopic (exact) mass is 438 g/mol. The van der Waals surface area contributed by atoms with Crippen LogP contribution in [-0.2, 0) is 15.6 Å². The van der Waals surface area contributed by atoms with Crippen molar-refractivity contribution in [1.29, 1.82) is 0 Å².